The Balaban J connectivity index is 2.43. The number of carbonyl (C=O) groups is 2. The number of ether oxygens (including phenoxy) is 1. The number of hydrogen-bond acceptors (Lipinski definition) is 4. The van der Waals surface area contributed by atoms with E-state index in [1.54, 1.807) is 0 Å². The van der Waals surface area contributed by atoms with Crippen molar-refractivity contribution < 1.29 is 14.3 Å². The fourth-order valence-corrected chi connectivity index (χ4v) is 1.82. The van der Waals surface area contributed by atoms with Crippen LogP contribution in [0.4, 0.5) is 0 Å². The van der Waals surface area contributed by atoms with Gasteiger partial charge in [0.05, 0.1) is 13.0 Å². The van der Waals surface area contributed by atoms with Gasteiger partial charge in [-0.2, -0.15) is 4.79 Å². The molecule has 0 saturated heterocycles. The maximum Gasteiger partial charge on any atom is 0.563 e. The van der Waals surface area contributed by atoms with Gasteiger partial charge in [-0.3, -0.25) is 4.79 Å². The summed E-state index contributed by atoms with van der Waals surface area (Å²) in [5.74, 6) is -1.01. The highest BCUT2D eigenvalue weighted by Gasteiger charge is 2.36. The third kappa shape index (κ3) is 2.28. The molecule has 1 saturated carbocycles. The van der Waals surface area contributed by atoms with Crippen molar-refractivity contribution in [2.24, 2.45) is 11.8 Å². The summed E-state index contributed by atoms with van der Waals surface area (Å²) in [6, 6.07) is 0. The molecule has 0 N–H and O–H groups in total. The number of rotatable bonds is 2. The summed E-state index contributed by atoms with van der Waals surface area (Å²) >= 11 is 0. The summed E-state index contributed by atoms with van der Waals surface area (Å²) in [5, 5.41) is 8.29. The van der Waals surface area contributed by atoms with Crippen molar-refractivity contribution in [1.82, 2.24) is 0 Å². The van der Waals surface area contributed by atoms with Gasteiger partial charge < -0.3 is 4.74 Å². The van der Waals surface area contributed by atoms with Crippen LogP contribution < -0.4 is 0 Å². The second-order valence-electron chi connectivity index (χ2n) is 3.51. The van der Waals surface area contributed by atoms with Gasteiger partial charge in [0.25, 0.3) is 0 Å². The van der Waals surface area contributed by atoms with Crippen LogP contribution in [0.5, 0.6) is 0 Å². The summed E-state index contributed by atoms with van der Waals surface area (Å²) in [6.45, 7) is 0. The first-order chi connectivity index (χ1) is 6.69. The normalized spacial score (nSPS) is 26.3. The highest BCUT2D eigenvalue weighted by Crippen LogP contribution is 2.30. The van der Waals surface area contributed by atoms with E-state index in [1.807, 2.05) is 0 Å². The number of carbonyl (C=O) groups excluding carboxylic acids is 2. The molecule has 0 atom stereocenters. The summed E-state index contributed by atoms with van der Waals surface area (Å²) in [6.07, 6.45) is 2.47. The van der Waals surface area contributed by atoms with Crippen LogP contribution in [0.25, 0.3) is 4.98 Å². The molecule has 76 valence electrons. The minimum atomic E-state index is -0.478. The van der Waals surface area contributed by atoms with Gasteiger partial charge in [-0.1, -0.05) is 0 Å². The van der Waals surface area contributed by atoms with Crippen molar-refractivity contribution in [2.75, 3.05) is 7.11 Å². The van der Waals surface area contributed by atoms with Gasteiger partial charge in [0.1, 0.15) is 5.92 Å². The molecule has 0 spiro atoms. The van der Waals surface area contributed by atoms with Gasteiger partial charge in [-0.25, -0.2) is 0 Å². The van der Waals surface area contributed by atoms with Crippen molar-refractivity contribution in [3.8, 4) is 0 Å². The molecule has 0 heterocycles. The maximum atomic E-state index is 11.1. The van der Waals surface area contributed by atoms with Gasteiger partial charge in [-0.05, 0) is 25.7 Å². The Labute approximate surface area is 82.0 Å². The monoisotopic (exact) mass is 197 g/mol. The molecule has 0 aliphatic heterocycles. The largest absolute Gasteiger partial charge is 0.563 e. The first-order valence-electron chi connectivity index (χ1n) is 4.65. The quantitative estimate of drug-likeness (QED) is 0.494. The highest BCUT2D eigenvalue weighted by atomic mass is 16.5. The van der Waals surface area contributed by atoms with Crippen molar-refractivity contribution in [3.05, 3.63) is 4.98 Å². The van der Waals surface area contributed by atoms with Gasteiger partial charge in [0, 0.05) is 0 Å². The minimum absolute atomic E-state index is 0.0947. The van der Waals surface area contributed by atoms with E-state index in [2.05, 4.69) is 9.71 Å². The number of hydrogen-bond donors (Lipinski definition) is 0. The smallest absolute Gasteiger partial charge is 0.469 e. The Kier molecular flexibility index (Phi) is 3.57. The van der Waals surface area contributed by atoms with Crippen LogP contribution >= 0.6 is 0 Å². The number of diazo groups is 1. The van der Waals surface area contributed by atoms with E-state index < -0.39 is 5.91 Å². The summed E-state index contributed by atoms with van der Waals surface area (Å²) < 4.78 is 4.62. The van der Waals surface area contributed by atoms with Crippen molar-refractivity contribution in [2.45, 2.75) is 25.7 Å². The molecule has 1 aliphatic carbocycles. The van der Waals surface area contributed by atoms with Crippen LogP contribution in [0.1, 0.15) is 25.7 Å². The fourth-order valence-electron chi connectivity index (χ4n) is 1.82. The predicted molar refractivity (Wildman–Crippen MR) is 47.6 cm³/mol. The molecule has 14 heavy (non-hydrogen) atoms. The molecule has 1 amide bonds. The summed E-state index contributed by atoms with van der Waals surface area (Å²) in [5.41, 5.74) is 0. The number of esters is 1. The average Bonchev–Trinajstić information content (AvgIpc) is 2.27. The van der Waals surface area contributed by atoms with E-state index in [0.717, 1.165) is 0 Å². The zero-order valence-corrected chi connectivity index (χ0v) is 8.10. The number of methoxy groups -OCH3 is 1. The van der Waals surface area contributed by atoms with E-state index in [1.165, 1.54) is 7.11 Å². The van der Waals surface area contributed by atoms with E-state index in [0.29, 0.717) is 25.7 Å². The number of amides is 1. The molecular weight excluding hydrogens is 184 g/mol. The Hall–Kier alpha value is -1.44. The lowest BCUT2D eigenvalue weighted by atomic mass is 9.82. The lowest BCUT2D eigenvalue weighted by Crippen LogP contribution is -2.25. The highest BCUT2D eigenvalue weighted by molar-refractivity contribution is 5.87. The molecule has 1 fully saturated rings. The zero-order valence-electron chi connectivity index (χ0n) is 8.10. The molecule has 0 aromatic rings. The summed E-state index contributed by atoms with van der Waals surface area (Å²) in [7, 11) is 1.36. The van der Waals surface area contributed by atoms with Crippen LogP contribution in [-0.2, 0) is 14.3 Å². The molecule has 0 aromatic heterocycles. The number of nitrogens with zero attached hydrogens (tertiary/aromatic N) is 2. The van der Waals surface area contributed by atoms with E-state index in [4.69, 9.17) is 5.39 Å². The van der Waals surface area contributed by atoms with E-state index in [-0.39, 0.29) is 17.8 Å². The fraction of sp³-hybridized carbons (Fsp3) is 0.778. The first kappa shape index (κ1) is 10.6. The Morgan fingerprint density at radius 3 is 2.14 bits per heavy atom. The lowest BCUT2D eigenvalue weighted by molar-refractivity contribution is -0.147. The van der Waals surface area contributed by atoms with Gasteiger partial charge >= 0.3 is 11.9 Å². The molecule has 1 aliphatic rings. The van der Waals surface area contributed by atoms with Crippen LogP contribution in [0.3, 0.4) is 0 Å². The third-order valence-electron chi connectivity index (χ3n) is 2.71. The molecule has 0 aromatic carbocycles. The maximum absolute atomic E-state index is 11.1. The van der Waals surface area contributed by atoms with Crippen LogP contribution in [-0.4, -0.2) is 19.0 Å². The molecule has 1 rings (SSSR count). The predicted octanol–water partition coefficient (Wildman–Crippen LogP) is 1.35. The van der Waals surface area contributed by atoms with Gasteiger partial charge in [0.15, 0.2) is 0 Å². The van der Waals surface area contributed by atoms with Crippen LogP contribution in [0, 0.1) is 17.2 Å². The van der Waals surface area contributed by atoms with Crippen molar-refractivity contribution >= 4 is 11.9 Å². The average molecular weight is 197 g/mol. The molecule has 5 nitrogen and oxygen atoms in total. The first-order valence-corrected chi connectivity index (χ1v) is 4.65. The molecular formula is C9H13N2O3+. The Morgan fingerprint density at radius 1 is 1.21 bits per heavy atom. The topological polar surface area (TPSA) is 71.5 Å². The van der Waals surface area contributed by atoms with Crippen molar-refractivity contribution in [3.63, 3.8) is 0 Å². The minimum Gasteiger partial charge on any atom is -0.469 e. The molecule has 0 unspecified atom stereocenters. The van der Waals surface area contributed by atoms with Gasteiger partial charge in [0.2, 0.25) is 10.4 Å². The molecule has 5 heteroatoms. The molecule has 0 bridgehead atoms. The second-order valence-corrected chi connectivity index (χ2v) is 3.51. The van der Waals surface area contributed by atoms with Crippen molar-refractivity contribution in [1.29, 1.82) is 5.39 Å². The van der Waals surface area contributed by atoms with Crippen LogP contribution in [0.2, 0.25) is 0 Å². The Morgan fingerprint density at radius 2 is 1.71 bits per heavy atom. The second kappa shape index (κ2) is 4.70. The zero-order chi connectivity index (χ0) is 10.6. The van der Waals surface area contributed by atoms with E-state index >= 15 is 0 Å². The third-order valence-corrected chi connectivity index (χ3v) is 2.71. The standard InChI is InChI=1S/C9H13N2O3/c1-14-9(13)7-4-2-6(3-5-7)8(12)11-10/h6-7H,2-5H2,1H3/q+1. The lowest BCUT2D eigenvalue weighted by Gasteiger charge is -2.21. The van der Waals surface area contributed by atoms with Gasteiger partial charge in [-0.15, -0.1) is 0 Å². The molecule has 0 radical (unpaired) electrons. The van der Waals surface area contributed by atoms with Crippen LogP contribution in [0.15, 0.2) is 0 Å². The Bertz CT molecular complexity index is 274. The SMILES string of the molecule is COC(=O)C1CCC(C(=O)[N+]#N)CC1. The van der Waals surface area contributed by atoms with E-state index in [9.17, 15) is 9.59 Å². The summed E-state index contributed by atoms with van der Waals surface area (Å²) in [4.78, 5) is 24.8.